The third-order valence-corrected chi connectivity index (χ3v) is 5.64. The van der Waals surface area contributed by atoms with Crippen LogP contribution in [0, 0.1) is 6.92 Å². The Hall–Kier alpha value is -2.18. The molecule has 2 aromatic carbocycles. The number of nitrogens with one attached hydrogen (secondary N) is 1. The van der Waals surface area contributed by atoms with Crippen LogP contribution in [0.5, 0.6) is 0 Å². The highest BCUT2D eigenvalue weighted by Crippen LogP contribution is 2.25. The Kier molecular flexibility index (Phi) is 9.06. The zero-order chi connectivity index (χ0) is 20.7. The second kappa shape index (κ2) is 11.3. The van der Waals surface area contributed by atoms with Crippen LogP contribution >= 0.6 is 0 Å². The second-order valence-electron chi connectivity index (χ2n) is 7.92. The van der Waals surface area contributed by atoms with E-state index in [0.717, 1.165) is 42.5 Å². The molecule has 0 atom stereocenters. The number of para-hydroxylation sites is 1. The summed E-state index contributed by atoms with van der Waals surface area (Å²) in [7, 11) is 0. The highest BCUT2D eigenvalue weighted by Gasteiger charge is 2.33. The lowest BCUT2D eigenvalue weighted by Crippen LogP contribution is -3.00. The predicted octanol–water partition coefficient (Wildman–Crippen LogP) is 1.32. The molecule has 0 bridgehead atoms. The van der Waals surface area contributed by atoms with Crippen molar-refractivity contribution >= 4 is 17.6 Å². The van der Waals surface area contributed by atoms with Crippen LogP contribution in [0.15, 0.2) is 48.5 Å². The molecule has 0 saturated carbocycles. The number of quaternary nitrogens is 1. The Balaban J connectivity index is 0.00000320. The number of hydrogen-bond acceptors (Lipinski definition) is 3. The number of carbonyl (C=O) groups is 2. The lowest BCUT2D eigenvalue weighted by Gasteiger charge is -2.41. The smallest absolute Gasteiger partial charge is 0.340 e. The molecule has 1 fully saturated rings. The number of ether oxygens (including phenoxy) is 1. The molecule has 0 unspecified atom stereocenters. The van der Waals surface area contributed by atoms with E-state index in [1.807, 2.05) is 25.1 Å². The zero-order valence-corrected chi connectivity index (χ0v) is 19.4. The van der Waals surface area contributed by atoms with Gasteiger partial charge in [-0.15, -0.1) is 0 Å². The highest BCUT2D eigenvalue weighted by atomic mass is 79.9. The third-order valence-electron chi connectivity index (χ3n) is 5.64. The summed E-state index contributed by atoms with van der Waals surface area (Å²) in [4.78, 5) is 25.4. The van der Waals surface area contributed by atoms with Crippen molar-refractivity contribution < 1.29 is 35.8 Å². The maximum absolute atomic E-state index is 13.1. The second-order valence-corrected chi connectivity index (χ2v) is 7.92. The van der Waals surface area contributed by atoms with E-state index in [4.69, 9.17) is 4.74 Å². The number of aryl methyl sites for hydroxylation is 1. The quantitative estimate of drug-likeness (QED) is 0.486. The van der Waals surface area contributed by atoms with Gasteiger partial charge in [0.2, 0.25) is 0 Å². The molecular weight excluding hydrogens is 444 g/mol. The van der Waals surface area contributed by atoms with Crippen LogP contribution in [0.25, 0.3) is 0 Å². The maximum Gasteiger partial charge on any atom is 0.340 e. The number of piperidine rings is 1. The molecule has 0 aromatic heterocycles. The van der Waals surface area contributed by atoms with Crippen molar-refractivity contribution in [1.29, 1.82) is 0 Å². The summed E-state index contributed by atoms with van der Waals surface area (Å²) in [6.45, 7) is 7.24. The standard InChI is InChI=1S/C24H30N2O3.BrH/c1-3-29-24(28)21-14-10-11-19(2)23(21)25-22(27)18-26(15-8-5-9-16-26)17-20-12-6-4-7-13-20;/h4,6-7,10-14H,3,5,8-9,15-18H2,1-2H3;1H. The van der Waals surface area contributed by atoms with Gasteiger partial charge in [-0.2, -0.15) is 0 Å². The normalized spacial score (nSPS) is 15.0. The van der Waals surface area contributed by atoms with Gasteiger partial charge in [0.05, 0.1) is 30.9 Å². The van der Waals surface area contributed by atoms with Crippen LogP contribution in [0.2, 0.25) is 0 Å². The van der Waals surface area contributed by atoms with E-state index in [2.05, 4.69) is 29.6 Å². The minimum Gasteiger partial charge on any atom is -1.00 e. The maximum atomic E-state index is 13.1. The molecule has 1 amide bonds. The molecule has 162 valence electrons. The number of anilines is 1. The van der Waals surface area contributed by atoms with Crippen LogP contribution < -0.4 is 22.3 Å². The topological polar surface area (TPSA) is 55.4 Å². The number of likely N-dealkylation sites (tertiary alicyclic amines) is 1. The summed E-state index contributed by atoms with van der Waals surface area (Å²) in [6.07, 6.45) is 3.50. The van der Waals surface area contributed by atoms with Gasteiger partial charge in [-0.1, -0.05) is 42.5 Å². The first-order chi connectivity index (χ1) is 14.0. The van der Waals surface area contributed by atoms with Crippen LogP contribution in [0.4, 0.5) is 5.69 Å². The van der Waals surface area contributed by atoms with Crippen LogP contribution in [-0.4, -0.2) is 42.6 Å². The number of halogens is 1. The predicted molar refractivity (Wildman–Crippen MR) is 115 cm³/mol. The monoisotopic (exact) mass is 474 g/mol. The lowest BCUT2D eigenvalue weighted by atomic mass is 10.0. The minimum atomic E-state index is -0.405. The summed E-state index contributed by atoms with van der Waals surface area (Å²) >= 11 is 0. The fraction of sp³-hybridized carbons (Fsp3) is 0.417. The molecule has 1 saturated heterocycles. The molecule has 1 aliphatic rings. The Labute approximate surface area is 189 Å². The van der Waals surface area contributed by atoms with Gasteiger partial charge in [-0.05, 0) is 44.7 Å². The molecule has 5 nitrogen and oxygen atoms in total. The fourth-order valence-electron chi connectivity index (χ4n) is 4.22. The Bertz CT molecular complexity index is 849. The summed E-state index contributed by atoms with van der Waals surface area (Å²) in [5.41, 5.74) is 3.08. The van der Waals surface area contributed by atoms with Crippen molar-refractivity contribution in [2.45, 2.75) is 39.7 Å². The van der Waals surface area contributed by atoms with Gasteiger partial charge < -0.3 is 31.5 Å². The largest absolute Gasteiger partial charge is 1.00 e. The molecule has 2 aromatic rings. The number of nitrogens with zero attached hydrogens (tertiary/aromatic N) is 1. The van der Waals surface area contributed by atoms with Gasteiger partial charge in [0.15, 0.2) is 6.54 Å². The molecule has 1 N–H and O–H groups in total. The first-order valence-electron chi connectivity index (χ1n) is 10.5. The zero-order valence-electron chi connectivity index (χ0n) is 17.8. The summed E-state index contributed by atoms with van der Waals surface area (Å²) < 4.78 is 5.92. The van der Waals surface area contributed by atoms with Gasteiger partial charge in [0.25, 0.3) is 5.91 Å². The van der Waals surface area contributed by atoms with E-state index in [9.17, 15) is 9.59 Å². The molecule has 0 radical (unpaired) electrons. The summed E-state index contributed by atoms with van der Waals surface area (Å²) in [6, 6.07) is 15.8. The number of esters is 1. The number of benzene rings is 2. The van der Waals surface area contributed by atoms with Crippen molar-refractivity contribution in [2.75, 3.05) is 31.6 Å². The van der Waals surface area contributed by atoms with Gasteiger partial charge in [-0.25, -0.2) is 4.79 Å². The van der Waals surface area contributed by atoms with Gasteiger partial charge >= 0.3 is 5.97 Å². The first-order valence-corrected chi connectivity index (χ1v) is 10.5. The summed E-state index contributed by atoms with van der Waals surface area (Å²) in [5.74, 6) is -0.458. The Morgan fingerprint density at radius 1 is 1.00 bits per heavy atom. The molecular formula is C24H31BrN2O3. The lowest BCUT2D eigenvalue weighted by molar-refractivity contribution is -0.937. The van der Waals surface area contributed by atoms with E-state index in [1.165, 1.54) is 12.0 Å². The highest BCUT2D eigenvalue weighted by molar-refractivity contribution is 6.02. The van der Waals surface area contributed by atoms with Crippen molar-refractivity contribution in [3.63, 3.8) is 0 Å². The van der Waals surface area contributed by atoms with E-state index in [-0.39, 0.29) is 22.9 Å². The first kappa shape index (κ1) is 24.1. The SMILES string of the molecule is CCOC(=O)c1cccc(C)c1NC(=O)C[N+]1(Cc2ccccc2)CCCCC1.[Br-]. The number of amides is 1. The average molecular weight is 475 g/mol. The number of carbonyl (C=O) groups excluding carboxylic acids is 2. The van der Waals surface area contributed by atoms with Gasteiger partial charge in [0.1, 0.15) is 6.54 Å². The van der Waals surface area contributed by atoms with Crippen LogP contribution in [0.1, 0.15) is 47.7 Å². The average Bonchev–Trinajstić information content (AvgIpc) is 2.71. The Morgan fingerprint density at radius 3 is 2.37 bits per heavy atom. The van der Waals surface area contributed by atoms with Crippen molar-refractivity contribution in [3.8, 4) is 0 Å². The fourth-order valence-corrected chi connectivity index (χ4v) is 4.22. The van der Waals surface area contributed by atoms with E-state index >= 15 is 0 Å². The van der Waals surface area contributed by atoms with Crippen molar-refractivity contribution in [2.24, 2.45) is 0 Å². The Morgan fingerprint density at radius 2 is 1.70 bits per heavy atom. The molecule has 0 aliphatic carbocycles. The third kappa shape index (κ3) is 6.16. The van der Waals surface area contributed by atoms with Crippen LogP contribution in [0.3, 0.4) is 0 Å². The molecule has 6 heteroatoms. The van der Waals surface area contributed by atoms with Gasteiger partial charge in [-0.3, -0.25) is 4.79 Å². The molecule has 30 heavy (non-hydrogen) atoms. The summed E-state index contributed by atoms with van der Waals surface area (Å²) in [5, 5.41) is 3.02. The number of hydrogen-bond donors (Lipinski definition) is 1. The van der Waals surface area contributed by atoms with E-state index in [0.29, 0.717) is 24.4 Å². The van der Waals surface area contributed by atoms with E-state index < -0.39 is 5.97 Å². The van der Waals surface area contributed by atoms with Gasteiger partial charge in [0, 0.05) is 5.56 Å². The van der Waals surface area contributed by atoms with Crippen molar-refractivity contribution in [3.05, 3.63) is 65.2 Å². The number of rotatable bonds is 7. The molecule has 1 heterocycles. The molecule has 0 spiro atoms. The minimum absolute atomic E-state index is 0. The molecule has 3 rings (SSSR count). The van der Waals surface area contributed by atoms with E-state index in [1.54, 1.807) is 13.0 Å². The molecule has 1 aliphatic heterocycles. The van der Waals surface area contributed by atoms with Crippen LogP contribution in [-0.2, 0) is 16.1 Å². The van der Waals surface area contributed by atoms with Crippen molar-refractivity contribution in [1.82, 2.24) is 0 Å².